The summed E-state index contributed by atoms with van der Waals surface area (Å²) in [7, 11) is 0. The molecule has 0 spiro atoms. The lowest BCUT2D eigenvalue weighted by Crippen LogP contribution is -1.87. The summed E-state index contributed by atoms with van der Waals surface area (Å²) >= 11 is 7.47. The van der Waals surface area contributed by atoms with Crippen molar-refractivity contribution in [3.05, 3.63) is 59.6 Å². The summed E-state index contributed by atoms with van der Waals surface area (Å²) < 4.78 is 0. The summed E-state index contributed by atoms with van der Waals surface area (Å²) in [5, 5.41) is 13.8. The zero-order valence-corrected chi connectivity index (χ0v) is 11.4. The maximum Gasteiger partial charge on any atom is 0.210 e. The minimum absolute atomic E-state index is 0.699. The Morgan fingerprint density at radius 1 is 0.947 bits per heavy atom. The first-order valence-electron chi connectivity index (χ1n) is 5.73. The van der Waals surface area contributed by atoms with Crippen molar-refractivity contribution >= 4 is 33.8 Å². The van der Waals surface area contributed by atoms with Crippen LogP contribution in [0.15, 0.2) is 54.6 Å². The lowest BCUT2D eigenvalue weighted by molar-refractivity contribution is 1.10. The number of nitrogens with zero attached hydrogens (tertiary/aromatic N) is 2. The summed E-state index contributed by atoms with van der Waals surface area (Å²) in [5.74, 6) is 0. The van der Waals surface area contributed by atoms with Crippen LogP contribution in [0.25, 0.3) is 10.6 Å². The fourth-order valence-corrected chi connectivity index (χ4v) is 2.61. The Bertz CT molecular complexity index is 682. The Morgan fingerprint density at radius 3 is 2.58 bits per heavy atom. The Kier molecular flexibility index (Phi) is 3.44. The smallest absolute Gasteiger partial charge is 0.210 e. The highest BCUT2D eigenvalue weighted by molar-refractivity contribution is 7.18. The van der Waals surface area contributed by atoms with E-state index in [0.717, 1.165) is 21.4 Å². The van der Waals surface area contributed by atoms with Crippen molar-refractivity contribution in [2.75, 3.05) is 5.32 Å². The molecule has 0 aliphatic heterocycles. The van der Waals surface area contributed by atoms with E-state index in [9.17, 15) is 0 Å². The zero-order valence-electron chi connectivity index (χ0n) is 9.88. The summed E-state index contributed by atoms with van der Waals surface area (Å²) in [6.07, 6.45) is 0. The molecular formula is C14H10ClN3S. The van der Waals surface area contributed by atoms with Crippen LogP contribution in [0.4, 0.5) is 10.8 Å². The number of benzene rings is 2. The SMILES string of the molecule is Clc1cccc(-c2nnc(Nc3ccccc3)s2)c1. The molecule has 5 heteroatoms. The van der Waals surface area contributed by atoms with Crippen LogP contribution in [-0.4, -0.2) is 10.2 Å². The van der Waals surface area contributed by atoms with Crippen LogP contribution in [0.5, 0.6) is 0 Å². The van der Waals surface area contributed by atoms with Gasteiger partial charge in [0.25, 0.3) is 0 Å². The average Bonchev–Trinajstić information content (AvgIpc) is 2.88. The highest BCUT2D eigenvalue weighted by Crippen LogP contribution is 2.29. The number of rotatable bonds is 3. The molecule has 0 radical (unpaired) electrons. The van der Waals surface area contributed by atoms with Crippen LogP contribution in [0.2, 0.25) is 5.02 Å². The molecule has 1 aromatic heterocycles. The van der Waals surface area contributed by atoms with Crippen molar-refractivity contribution in [3.63, 3.8) is 0 Å². The average molecular weight is 288 g/mol. The predicted octanol–water partition coefficient (Wildman–Crippen LogP) is 4.60. The molecule has 0 amide bonds. The molecule has 3 rings (SSSR count). The van der Waals surface area contributed by atoms with Crippen LogP contribution in [0.3, 0.4) is 0 Å². The van der Waals surface area contributed by atoms with Crippen LogP contribution in [-0.2, 0) is 0 Å². The summed E-state index contributed by atoms with van der Waals surface area (Å²) in [6.45, 7) is 0. The second-order valence-corrected chi connectivity index (χ2v) is 5.33. The third-order valence-corrected chi connectivity index (χ3v) is 3.64. The van der Waals surface area contributed by atoms with Crippen LogP contribution in [0, 0.1) is 0 Å². The third kappa shape index (κ3) is 2.92. The van der Waals surface area contributed by atoms with Gasteiger partial charge in [-0.1, -0.05) is 53.3 Å². The van der Waals surface area contributed by atoms with Gasteiger partial charge in [-0.25, -0.2) is 0 Å². The summed E-state index contributed by atoms with van der Waals surface area (Å²) in [5.41, 5.74) is 1.97. The zero-order chi connectivity index (χ0) is 13.1. The lowest BCUT2D eigenvalue weighted by Gasteiger charge is -1.99. The molecule has 0 aliphatic carbocycles. The molecule has 0 atom stereocenters. The van der Waals surface area contributed by atoms with Crippen molar-refractivity contribution in [1.82, 2.24) is 10.2 Å². The molecule has 3 aromatic rings. The maximum absolute atomic E-state index is 5.97. The highest BCUT2D eigenvalue weighted by Gasteiger charge is 2.07. The van der Waals surface area contributed by atoms with Crippen LogP contribution < -0.4 is 5.32 Å². The Balaban J connectivity index is 1.84. The third-order valence-electron chi connectivity index (χ3n) is 2.52. The molecule has 3 nitrogen and oxygen atoms in total. The van der Waals surface area contributed by atoms with E-state index >= 15 is 0 Å². The first kappa shape index (κ1) is 12.1. The van der Waals surface area contributed by atoms with Gasteiger partial charge in [-0.15, -0.1) is 10.2 Å². The first-order valence-corrected chi connectivity index (χ1v) is 6.92. The van der Waals surface area contributed by atoms with E-state index in [1.807, 2.05) is 54.6 Å². The highest BCUT2D eigenvalue weighted by atomic mass is 35.5. The minimum Gasteiger partial charge on any atom is -0.330 e. The van der Waals surface area contributed by atoms with Gasteiger partial charge in [0.2, 0.25) is 5.13 Å². The van der Waals surface area contributed by atoms with E-state index < -0.39 is 0 Å². The van der Waals surface area contributed by atoms with Gasteiger partial charge in [0.1, 0.15) is 5.01 Å². The second kappa shape index (κ2) is 5.38. The Labute approximate surface area is 119 Å². The van der Waals surface area contributed by atoms with Gasteiger partial charge in [0.05, 0.1) is 0 Å². The standard InChI is InChI=1S/C14H10ClN3S/c15-11-6-4-5-10(9-11)13-17-18-14(19-13)16-12-7-2-1-3-8-12/h1-9H,(H,16,18). The fourth-order valence-electron chi connectivity index (χ4n) is 1.66. The topological polar surface area (TPSA) is 37.8 Å². The normalized spacial score (nSPS) is 10.4. The quantitative estimate of drug-likeness (QED) is 0.765. The molecule has 94 valence electrons. The van der Waals surface area contributed by atoms with E-state index in [4.69, 9.17) is 11.6 Å². The summed E-state index contributed by atoms with van der Waals surface area (Å²) in [6, 6.07) is 17.5. The molecule has 19 heavy (non-hydrogen) atoms. The van der Waals surface area contributed by atoms with E-state index in [2.05, 4.69) is 15.5 Å². The van der Waals surface area contributed by atoms with Crippen molar-refractivity contribution < 1.29 is 0 Å². The molecule has 1 heterocycles. The lowest BCUT2D eigenvalue weighted by atomic mass is 10.2. The molecule has 0 saturated carbocycles. The molecule has 0 bridgehead atoms. The fraction of sp³-hybridized carbons (Fsp3) is 0. The van der Waals surface area contributed by atoms with Gasteiger partial charge in [-0.2, -0.15) is 0 Å². The second-order valence-electron chi connectivity index (χ2n) is 3.91. The van der Waals surface area contributed by atoms with Gasteiger partial charge in [-0.05, 0) is 24.3 Å². The number of aromatic nitrogens is 2. The van der Waals surface area contributed by atoms with E-state index in [1.165, 1.54) is 11.3 Å². The molecule has 2 aromatic carbocycles. The molecule has 0 saturated heterocycles. The molecule has 0 unspecified atom stereocenters. The number of hydrogen-bond acceptors (Lipinski definition) is 4. The van der Waals surface area contributed by atoms with Crippen molar-refractivity contribution in [2.24, 2.45) is 0 Å². The van der Waals surface area contributed by atoms with Gasteiger partial charge in [-0.3, -0.25) is 0 Å². The van der Waals surface area contributed by atoms with Crippen LogP contribution in [0.1, 0.15) is 0 Å². The number of halogens is 1. The predicted molar refractivity (Wildman–Crippen MR) is 80.1 cm³/mol. The maximum atomic E-state index is 5.97. The molecular weight excluding hydrogens is 278 g/mol. The molecule has 1 N–H and O–H groups in total. The van der Waals surface area contributed by atoms with Gasteiger partial charge in [0.15, 0.2) is 0 Å². The van der Waals surface area contributed by atoms with Gasteiger partial charge < -0.3 is 5.32 Å². The summed E-state index contributed by atoms with van der Waals surface area (Å²) in [4.78, 5) is 0. The minimum atomic E-state index is 0.699. The van der Waals surface area contributed by atoms with Crippen molar-refractivity contribution in [2.45, 2.75) is 0 Å². The number of nitrogens with one attached hydrogen (secondary N) is 1. The molecule has 0 aliphatic rings. The van der Waals surface area contributed by atoms with Crippen molar-refractivity contribution in [1.29, 1.82) is 0 Å². The largest absolute Gasteiger partial charge is 0.330 e. The number of anilines is 2. The van der Waals surface area contributed by atoms with Gasteiger partial charge >= 0.3 is 0 Å². The molecule has 0 fully saturated rings. The number of para-hydroxylation sites is 1. The van der Waals surface area contributed by atoms with E-state index in [0.29, 0.717) is 5.02 Å². The van der Waals surface area contributed by atoms with Crippen LogP contribution >= 0.6 is 22.9 Å². The Morgan fingerprint density at radius 2 is 1.79 bits per heavy atom. The first-order chi connectivity index (χ1) is 9.31. The van der Waals surface area contributed by atoms with Crippen molar-refractivity contribution in [3.8, 4) is 10.6 Å². The van der Waals surface area contributed by atoms with E-state index in [-0.39, 0.29) is 0 Å². The number of hydrogen-bond donors (Lipinski definition) is 1. The Hall–Kier alpha value is -1.91. The van der Waals surface area contributed by atoms with E-state index in [1.54, 1.807) is 0 Å². The van der Waals surface area contributed by atoms with Gasteiger partial charge in [0, 0.05) is 16.3 Å². The monoisotopic (exact) mass is 287 g/mol.